The van der Waals surface area contributed by atoms with E-state index in [9.17, 15) is 4.79 Å². The minimum Gasteiger partial charge on any atom is -0.471 e. The lowest BCUT2D eigenvalue weighted by Gasteiger charge is -2.16. The van der Waals surface area contributed by atoms with Crippen LogP contribution in [0.4, 0.5) is 0 Å². The van der Waals surface area contributed by atoms with Gasteiger partial charge in [-0.15, -0.1) is 5.10 Å². The maximum atomic E-state index is 12.3. The Balaban J connectivity index is 1.60. The first-order valence-corrected chi connectivity index (χ1v) is 6.89. The lowest BCUT2D eigenvalue weighted by molar-refractivity contribution is 0.0765. The van der Waals surface area contributed by atoms with Gasteiger partial charge >= 0.3 is 0 Å². The Morgan fingerprint density at radius 3 is 2.90 bits per heavy atom. The topological polar surface area (TPSA) is 68.2 Å². The van der Waals surface area contributed by atoms with Crippen molar-refractivity contribution >= 4 is 5.91 Å². The molecular formula is C15H16N4O2. The van der Waals surface area contributed by atoms with E-state index in [0.29, 0.717) is 24.7 Å². The molecule has 0 saturated carbocycles. The number of rotatable bonds is 3. The highest BCUT2D eigenvalue weighted by Gasteiger charge is 2.29. The fourth-order valence-corrected chi connectivity index (χ4v) is 2.28. The second kappa shape index (κ2) is 5.87. The normalized spacial score (nSPS) is 17.8. The van der Waals surface area contributed by atoms with Crippen LogP contribution in [-0.2, 0) is 0 Å². The van der Waals surface area contributed by atoms with Gasteiger partial charge in [0.2, 0.25) is 5.88 Å². The third kappa shape index (κ3) is 3.16. The van der Waals surface area contributed by atoms with Gasteiger partial charge in [0.1, 0.15) is 11.8 Å². The van der Waals surface area contributed by atoms with Gasteiger partial charge in [-0.2, -0.15) is 5.10 Å². The smallest absolute Gasteiger partial charge is 0.272 e. The Bertz CT molecular complexity index is 615. The summed E-state index contributed by atoms with van der Waals surface area (Å²) in [6, 6.07) is 8.98. The zero-order valence-electron chi connectivity index (χ0n) is 11.8. The van der Waals surface area contributed by atoms with Crippen LogP contribution < -0.4 is 4.74 Å². The molecule has 0 spiro atoms. The van der Waals surface area contributed by atoms with Gasteiger partial charge in [-0.3, -0.25) is 9.78 Å². The molecule has 1 fully saturated rings. The summed E-state index contributed by atoms with van der Waals surface area (Å²) in [5, 5.41) is 7.94. The molecule has 2 aromatic heterocycles. The van der Waals surface area contributed by atoms with Gasteiger partial charge in [0, 0.05) is 25.2 Å². The van der Waals surface area contributed by atoms with Crippen LogP contribution in [0, 0.1) is 6.92 Å². The Labute approximate surface area is 122 Å². The summed E-state index contributed by atoms with van der Waals surface area (Å²) in [4.78, 5) is 18.1. The number of amides is 1. The van der Waals surface area contributed by atoms with E-state index >= 15 is 0 Å². The molecule has 1 amide bonds. The summed E-state index contributed by atoms with van der Waals surface area (Å²) < 4.78 is 5.76. The minimum atomic E-state index is -0.0586. The Kier molecular flexibility index (Phi) is 3.77. The van der Waals surface area contributed by atoms with Gasteiger partial charge in [0.15, 0.2) is 0 Å². The van der Waals surface area contributed by atoms with Crippen molar-refractivity contribution in [2.45, 2.75) is 19.4 Å². The van der Waals surface area contributed by atoms with Crippen molar-refractivity contribution in [3.63, 3.8) is 0 Å². The SMILES string of the molecule is Cc1ccc(O[C@H]2CCN(C(=O)c3ccccn3)C2)nn1. The fraction of sp³-hybridized carbons (Fsp3) is 0.333. The molecule has 1 atom stereocenters. The van der Waals surface area contributed by atoms with E-state index in [4.69, 9.17) is 4.74 Å². The molecule has 21 heavy (non-hydrogen) atoms. The summed E-state index contributed by atoms with van der Waals surface area (Å²) in [6.07, 6.45) is 2.36. The van der Waals surface area contributed by atoms with Crippen molar-refractivity contribution in [1.29, 1.82) is 0 Å². The number of ether oxygens (including phenoxy) is 1. The molecule has 0 aliphatic carbocycles. The molecule has 6 heteroatoms. The second-order valence-electron chi connectivity index (χ2n) is 5.01. The number of aryl methyl sites for hydroxylation is 1. The molecule has 108 valence electrons. The largest absolute Gasteiger partial charge is 0.471 e. The highest BCUT2D eigenvalue weighted by atomic mass is 16.5. The van der Waals surface area contributed by atoms with E-state index in [1.54, 1.807) is 29.3 Å². The van der Waals surface area contributed by atoms with Crippen LogP contribution >= 0.6 is 0 Å². The minimum absolute atomic E-state index is 0.0466. The third-order valence-electron chi connectivity index (χ3n) is 3.38. The number of likely N-dealkylation sites (tertiary alicyclic amines) is 1. The van der Waals surface area contributed by atoms with Crippen LogP contribution in [0.1, 0.15) is 22.6 Å². The lowest BCUT2D eigenvalue weighted by atomic mass is 10.3. The van der Waals surface area contributed by atoms with Crippen molar-refractivity contribution in [2.75, 3.05) is 13.1 Å². The van der Waals surface area contributed by atoms with Crippen molar-refractivity contribution in [2.24, 2.45) is 0 Å². The molecule has 2 aromatic rings. The number of hydrogen-bond acceptors (Lipinski definition) is 5. The molecule has 1 aliphatic heterocycles. The van der Waals surface area contributed by atoms with E-state index in [-0.39, 0.29) is 12.0 Å². The van der Waals surface area contributed by atoms with Crippen LogP contribution in [0.15, 0.2) is 36.5 Å². The Hall–Kier alpha value is -2.50. The highest BCUT2D eigenvalue weighted by Crippen LogP contribution is 2.17. The average molecular weight is 284 g/mol. The van der Waals surface area contributed by atoms with Crippen molar-refractivity contribution in [3.05, 3.63) is 47.9 Å². The van der Waals surface area contributed by atoms with Gasteiger partial charge in [0.05, 0.1) is 12.2 Å². The summed E-state index contributed by atoms with van der Waals surface area (Å²) >= 11 is 0. The van der Waals surface area contributed by atoms with Gasteiger partial charge < -0.3 is 9.64 Å². The van der Waals surface area contributed by atoms with Crippen molar-refractivity contribution in [3.8, 4) is 5.88 Å². The zero-order valence-corrected chi connectivity index (χ0v) is 11.8. The van der Waals surface area contributed by atoms with E-state index in [2.05, 4.69) is 15.2 Å². The number of carbonyl (C=O) groups excluding carboxylic acids is 1. The molecule has 3 rings (SSSR count). The second-order valence-corrected chi connectivity index (χ2v) is 5.01. The van der Waals surface area contributed by atoms with E-state index in [1.807, 2.05) is 19.1 Å². The third-order valence-corrected chi connectivity index (χ3v) is 3.38. The quantitative estimate of drug-likeness (QED) is 0.854. The first kappa shape index (κ1) is 13.5. The van der Waals surface area contributed by atoms with Crippen molar-refractivity contribution < 1.29 is 9.53 Å². The number of carbonyl (C=O) groups is 1. The Morgan fingerprint density at radius 2 is 2.19 bits per heavy atom. The maximum absolute atomic E-state index is 12.3. The molecule has 0 radical (unpaired) electrons. The summed E-state index contributed by atoms with van der Waals surface area (Å²) in [5.41, 5.74) is 1.31. The lowest BCUT2D eigenvalue weighted by Crippen LogP contribution is -2.31. The molecule has 0 aromatic carbocycles. The van der Waals surface area contributed by atoms with Gasteiger partial charge in [-0.1, -0.05) is 6.07 Å². The molecule has 0 bridgehead atoms. The Morgan fingerprint density at radius 1 is 1.29 bits per heavy atom. The first-order chi connectivity index (χ1) is 10.2. The molecule has 3 heterocycles. The average Bonchev–Trinajstić information content (AvgIpc) is 2.98. The van der Waals surface area contributed by atoms with Crippen LogP contribution in [0.3, 0.4) is 0 Å². The van der Waals surface area contributed by atoms with E-state index in [0.717, 1.165) is 12.1 Å². The van der Waals surface area contributed by atoms with E-state index < -0.39 is 0 Å². The van der Waals surface area contributed by atoms with Gasteiger partial charge in [0.25, 0.3) is 5.91 Å². The standard InChI is InChI=1S/C15H16N4O2/c1-11-5-6-14(18-17-11)21-12-7-9-19(10-12)15(20)13-4-2-3-8-16-13/h2-6,8,12H,7,9-10H2,1H3/t12-/m0/s1. The predicted molar refractivity (Wildman–Crippen MR) is 75.9 cm³/mol. The predicted octanol–water partition coefficient (Wildman–Crippen LogP) is 1.47. The van der Waals surface area contributed by atoms with Crippen LogP contribution in [0.25, 0.3) is 0 Å². The fourth-order valence-electron chi connectivity index (χ4n) is 2.28. The van der Waals surface area contributed by atoms with E-state index in [1.165, 1.54) is 0 Å². The molecular weight excluding hydrogens is 268 g/mol. The van der Waals surface area contributed by atoms with Gasteiger partial charge in [-0.25, -0.2) is 0 Å². The van der Waals surface area contributed by atoms with Crippen LogP contribution in [-0.4, -0.2) is 45.2 Å². The van der Waals surface area contributed by atoms with Crippen LogP contribution in [0.2, 0.25) is 0 Å². The highest BCUT2D eigenvalue weighted by molar-refractivity contribution is 5.92. The van der Waals surface area contributed by atoms with Gasteiger partial charge in [-0.05, 0) is 25.1 Å². The number of pyridine rings is 1. The maximum Gasteiger partial charge on any atom is 0.272 e. The molecule has 1 aliphatic rings. The molecule has 1 saturated heterocycles. The molecule has 0 unspecified atom stereocenters. The number of aromatic nitrogens is 3. The first-order valence-electron chi connectivity index (χ1n) is 6.89. The monoisotopic (exact) mass is 284 g/mol. The molecule has 6 nitrogen and oxygen atoms in total. The number of hydrogen-bond donors (Lipinski definition) is 0. The summed E-state index contributed by atoms with van der Waals surface area (Å²) in [5.74, 6) is 0.439. The summed E-state index contributed by atoms with van der Waals surface area (Å²) in [6.45, 7) is 3.09. The zero-order chi connectivity index (χ0) is 14.7. The summed E-state index contributed by atoms with van der Waals surface area (Å²) in [7, 11) is 0. The van der Waals surface area contributed by atoms with Crippen LogP contribution in [0.5, 0.6) is 5.88 Å². The molecule has 0 N–H and O–H groups in total. The number of nitrogens with zero attached hydrogens (tertiary/aromatic N) is 4. The van der Waals surface area contributed by atoms with Crippen molar-refractivity contribution in [1.82, 2.24) is 20.1 Å².